The lowest BCUT2D eigenvalue weighted by atomic mass is 10.3. The predicted molar refractivity (Wildman–Crippen MR) is 62.5 cm³/mol. The van der Waals surface area contributed by atoms with Crippen LogP contribution >= 0.6 is 23.1 Å². The van der Waals surface area contributed by atoms with Gasteiger partial charge < -0.3 is 4.90 Å². The van der Waals surface area contributed by atoms with E-state index in [0.717, 1.165) is 23.9 Å². The molecule has 5 heteroatoms. The number of aromatic nitrogens is 2. The molecule has 0 amide bonds. The Morgan fingerprint density at radius 2 is 2.21 bits per heavy atom. The summed E-state index contributed by atoms with van der Waals surface area (Å²) in [4.78, 5) is 6.63. The van der Waals surface area contributed by atoms with Crippen LogP contribution in [0, 0.1) is 0 Å². The van der Waals surface area contributed by atoms with Crippen molar-refractivity contribution < 1.29 is 0 Å². The van der Waals surface area contributed by atoms with Gasteiger partial charge in [-0.05, 0) is 13.8 Å². The van der Waals surface area contributed by atoms with E-state index in [-0.39, 0.29) is 0 Å². The molecule has 0 saturated heterocycles. The first kappa shape index (κ1) is 11.7. The van der Waals surface area contributed by atoms with Crippen molar-refractivity contribution in [3.63, 3.8) is 0 Å². The second kappa shape index (κ2) is 5.51. The number of hydrogen-bond donors (Lipinski definition) is 0. The minimum absolute atomic E-state index is 0.423. The van der Waals surface area contributed by atoms with Crippen LogP contribution in [0.25, 0.3) is 0 Å². The van der Waals surface area contributed by atoms with E-state index in [1.54, 1.807) is 0 Å². The molecule has 1 heterocycles. The first-order chi connectivity index (χ1) is 6.69. The van der Waals surface area contributed by atoms with Crippen LogP contribution in [-0.2, 0) is 6.42 Å². The zero-order chi connectivity index (χ0) is 10.6. The van der Waals surface area contributed by atoms with E-state index >= 15 is 0 Å². The molecule has 0 aliphatic rings. The second-order valence-electron chi connectivity index (χ2n) is 3.32. The Morgan fingerprint density at radius 3 is 2.64 bits per heavy atom. The van der Waals surface area contributed by atoms with Gasteiger partial charge in [0.25, 0.3) is 0 Å². The maximum atomic E-state index is 5.75. The highest BCUT2D eigenvalue weighted by Gasteiger charge is 2.14. The van der Waals surface area contributed by atoms with Gasteiger partial charge >= 0.3 is 0 Å². The van der Waals surface area contributed by atoms with Crippen LogP contribution in [0.1, 0.15) is 26.6 Å². The summed E-state index contributed by atoms with van der Waals surface area (Å²) >= 11 is 7.20. The van der Waals surface area contributed by atoms with Crippen LogP contribution in [0.4, 0.5) is 5.13 Å². The molecule has 0 radical (unpaired) electrons. The number of rotatable bonds is 5. The van der Waals surface area contributed by atoms with Gasteiger partial charge in [0, 0.05) is 36.4 Å². The van der Waals surface area contributed by atoms with Gasteiger partial charge in [0.05, 0.1) is 0 Å². The molecule has 0 fully saturated rings. The SMILES string of the molecule is CCc1nsc(N(CCCl)C(C)C)n1. The topological polar surface area (TPSA) is 29.0 Å². The molecule has 0 bridgehead atoms. The monoisotopic (exact) mass is 233 g/mol. The Labute approximate surface area is 94.3 Å². The van der Waals surface area contributed by atoms with E-state index in [2.05, 4.69) is 35.0 Å². The molecular weight excluding hydrogens is 218 g/mol. The van der Waals surface area contributed by atoms with Crippen LogP contribution in [0.15, 0.2) is 0 Å². The van der Waals surface area contributed by atoms with E-state index < -0.39 is 0 Å². The van der Waals surface area contributed by atoms with Crippen molar-refractivity contribution in [1.82, 2.24) is 9.36 Å². The third-order valence-corrected chi connectivity index (χ3v) is 2.93. The van der Waals surface area contributed by atoms with E-state index in [1.165, 1.54) is 11.5 Å². The minimum Gasteiger partial charge on any atom is -0.343 e. The van der Waals surface area contributed by atoms with Crippen molar-refractivity contribution in [3.05, 3.63) is 5.82 Å². The first-order valence-corrected chi connectivity index (χ1v) is 6.15. The van der Waals surface area contributed by atoms with Gasteiger partial charge in [-0.1, -0.05) is 6.92 Å². The predicted octanol–water partition coefficient (Wildman–Crippen LogP) is 2.55. The molecule has 0 unspecified atom stereocenters. The molecule has 1 aromatic rings. The maximum absolute atomic E-state index is 5.75. The van der Waals surface area contributed by atoms with Gasteiger partial charge in [-0.15, -0.1) is 11.6 Å². The van der Waals surface area contributed by atoms with Crippen LogP contribution < -0.4 is 4.90 Å². The summed E-state index contributed by atoms with van der Waals surface area (Å²) in [5.41, 5.74) is 0. The minimum atomic E-state index is 0.423. The summed E-state index contributed by atoms with van der Waals surface area (Å²) in [5.74, 6) is 1.55. The molecule has 0 spiro atoms. The lowest BCUT2D eigenvalue weighted by molar-refractivity contribution is 0.701. The fourth-order valence-electron chi connectivity index (χ4n) is 1.17. The molecule has 14 heavy (non-hydrogen) atoms. The van der Waals surface area contributed by atoms with Gasteiger partial charge in [-0.25, -0.2) is 4.98 Å². The number of anilines is 1. The normalized spacial score (nSPS) is 10.9. The van der Waals surface area contributed by atoms with Crippen molar-refractivity contribution in [2.24, 2.45) is 0 Å². The van der Waals surface area contributed by atoms with Gasteiger partial charge in [0.2, 0.25) is 5.13 Å². The first-order valence-electron chi connectivity index (χ1n) is 4.84. The molecule has 0 atom stereocenters. The second-order valence-corrected chi connectivity index (χ2v) is 4.43. The van der Waals surface area contributed by atoms with E-state index in [4.69, 9.17) is 11.6 Å². The Morgan fingerprint density at radius 1 is 1.50 bits per heavy atom. The maximum Gasteiger partial charge on any atom is 0.205 e. The lowest BCUT2D eigenvalue weighted by Gasteiger charge is -2.24. The highest BCUT2D eigenvalue weighted by atomic mass is 35.5. The molecule has 1 aromatic heterocycles. The molecule has 0 aliphatic carbocycles. The molecule has 0 aliphatic heterocycles. The Balaban J connectivity index is 2.76. The van der Waals surface area contributed by atoms with E-state index in [9.17, 15) is 0 Å². The lowest BCUT2D eigenvalue weighted by Crippen LogP contribution is -2.32. The van der Waals surface area contributed by atoms with Crippen LogP contribution in [-0.4, -0.2) is 27.8 Å². The summed E-state index contributed by atoms with van der Waals surface area (Å²) in [5, 5.41) is 0.984. The van der Waals surface area contributed by atoms with Crippen molar-refractivity contribution >= 4 is 28.3 Å². The zero-order valence-corrected chi connectivity index (χ0v) is 10.4. The molecule has 0 N–H and O–H groups in total. The van der Waals surface area contributed by atoms with Crippen molar-refractivity contribution in [2.45, 2.75) is 33.2 Å². The molecule has 80 valence electrons. The number of nitrogens with zero attached hydrogens (tertiary/aromatic N) is 3. The van der Waals surface area contributed by atoms with Gasteiger partial charge in [-0.3, -0.25) is 0 Å². The van der Waals surface area contributed by atoms with Crippen LogP contribution in [0.5, 0.6) is 0 Å². The Hall–Kier alpha value is -0.350. The average Bonchev–Trinajstić information content (AvgIpc) is 2.61. The third kappa shape index (κ3) is 2.82. The number of alkyl halides is 1. The van der Waals surface area contributed by atoms with E-state index in [0.29, 0.717) is 11.9 Å². The summed E-state index contributed by atoms with van der Waals surface area (Å²) in [6.45, 7) is 7.17. The molecule has 0 aromatic carbocycles. The van der Waals surface area contributed by atoms with Gasteiger partial charge in [0.1, 0.15) is 5.82 Å². The number of aryl methyl sites for hydroxylation is 1. The summed E-state index contributed by atoms with van der Waals surface area (Å²) in [6.07, 6.45) is 0.892. The fraction of sp³-hybridized carbons (Fsp3) is 0.778. The highest BCUT2D eigenvalue weighted by molar-refractivity contribution is 7.09. The van der Waals surface area contributed by atoms with Crippen LogP contribution in [0.2, 0.25) is 0 Å². The average molecular weight is 234 g/mol. The quantitative estimate of drug-likeness (QED) is 0.732. The van der Waals surface area contributed by atoms with Gasteiger partial charge in [0.15, 0.2) is 0 Å². The largest absolute Gasteiger partial charge is 0.343 e. The van der Waals surface area contributed by atoms with E-state index in [1.807, 2.05) is 0 Å². The number of halogens is 1. The smallest absolute Gasteiger partial charge is 0.205 e. The Bertz CT molecular complexity index is 275. The molecule has 3 nitrogen and oxygen atoms in total. The summed E-state index contributed by atoms with van der Waals surface area (Å²) < 4.78 is 4.27. The fourth-order valence-corrected chi connectivity index (χ4v) is 2.26. The third-order valence-electron chi connectivity index (χ3n) is 1.97. The summed E-state index contributed by atoms with van der Waals surface area (Å²) in [7, 11) is 0. The molecular formula is C9H16ClN3S. The van der Waals surface area contributed by atoms with Crippen molar-refractivity contribution in [3.8, 4) is 0 Å². The van der Waals surface area contributed by atoms with Crippen molar-refractivity contribution in [2.75, 3.05) is 17.3 Å². The molecule has 1 rings (SSSR count). The molecule has 0 saturated carbocycles. The zero-order valence-electron chi connectivity index (χ0n) is 8.83. The number of hydrogen-bond acceptors (Lipinski definition) is 4. The van der Waals surface area contributed by atoms with Gasteiger partial charge in [-0.2, -0.15) is 4.37 Å². The van der Waals surface area contributed by atoms with Crippen LogP contribution in [0.3, 0.4) is 0 Å². The Kier molecular flexibility index (Phi) is 4.62. The van der Waals surface area contributed by atoms with Crippen molar-refractivity contribution in [1.29, 1.82) is 0 Å². The standard InChI is InChI=1S/C9H16ClN3S/c1-4-8-11-9(14-12-8)13(6-5-10)7(2)3/h7H,4-6H2,1-3H3. The summed E-state index contributed by atoms with van der Waals surface area (Å²) in [6, 6.07) is 0.423. The highest BCUT2D eigenvalue weighted by Crippen LogP contribution is 2.19.